The van der Waals surface area contributed by atoms with Crippen molar-refractivity contribution in [2.75, 3.05) is 5.32 Å². The van der Waals surface area contributed by atoms with Gasteiger partial charge in [0.2, 0.25) is 22.2 Å². The average Bonchev–Trinajstić information content (AvgIpc) is 3.26. The van der Waals surface area contributed by atoms with Crippen molar-refractivity contribution in [3.63, 3.8) is 0 Å². The number of halogens is 3. The van der Waals surface area contributed by atoms with Crippen molar-refractivity contribution in [2.45, 2.75) is 43.0 Å². The van der Waals surface area contributed by atoms with Crippen LogP contribution < -0.4 is 15.5 Å². The largest absolute Gasteiger partial charge is 0.464 e. The van der Waals surface area contributed by atoms with Crippen LogP contribution in [0.15, 0.2) is 50.1 Å². The predicted molar refractivity (Wildman–Crippen MR) is 124 cm³/mol. The lowest BCUT2D eigenvalue weighted by atomic mass is 10.0. The molecule has 8 nitrogen and oxygen atoms in total. The second-order valence-corrected chi connectivity index (χ2v) is 9.40. The Morgan fingerprint density at radius 3 is 2.46 bits per heavy atom. The molecule has 35 heavy (non-hydrogen) atoms. The fraction of sp³-hybridized carbons (Fsp3) is 0.318. The fourth-order valence-corrected chi connectivity index (χ4v) is 4.51. The van der Waals surface area contributed by atoms with E-state index in [1.807, 2.05) is 13.8 Å². The number of rotatable bonds is 9. The van der Waals surface area contributed by atoms with Crippen molar-refractivity contribution in [3.05, 3.63) is 63.7 Å². The van der Waals surface area contributed by atoms with E-state index in [0.29, 0.717) is 9.47 Å². The van der Waals surface area contributed by atoms with Crippen LogP contribution in [0.4, 0.5) is 18.3 Å². The Labute approximate surface area is 205 Å². The fourth-order valence-electron chi connectivity index (χ4n) is 2.86. The van der Waals surface area contributed by atoms with E-state index in [9.17, 15) is 27.6 Å². The van der Waals surface area contributed by atoms with E-state index < -0.39 is 28.9 Å². The Bertz CT molecular complexity index is 1240. The number of aromatic nitrogens is 2. The quantitative estimate of drug-likeness (QED) is 0.224. The van der Waals surface area contributed by atoms with Gasteiger partial charge in [0, 0.05) is 12.0 Å². The van der Waals surface area contributed by atoms with Gasteiger partial charge >= 0.3 is 12.1 Å². The summed E-state index contributed by atoms with van der Waals surface area (Å²) in [7, 11) is 0. The number of hydrogen-bond donors (Lipinski definition) is 1. The molecule has 0 fully saturated rings. The summed E-state index contributed by atoms with van der Waals surface area (Å²) in [5.41, 5.74) is -1.70. The number of carbonyl (C=O) groups excluding carboxylic acids is 2. The molecule has 0 aliphatic heterocycles. The number of alkyl halides is 3. The molecule has 2 heterocycles. The van der Waals surface area contributed by atoms with Gasteiger partial charge in [0.15, 0.2) is 4.34 Å². The Hall–Kier alpha value is -3.19. The van der Waals surface area contributed by atoms with Gasteiger partial charge in [-0.1, -0.05) is 36.9 Å². The molecule has 0 saturated carbocycles. The zero-order valence-corrected chi connectivity index (χ0v) is 20.2. The van der Waals surface area contributed by atoms with E-state index in [4.69, 9.17) is 9.15 Å². The Kier molecular flexibility index (Phi) is 8.67. The molecule has 0 spiro atoms. The molecular weight excluding hydrogens is 507 g/mol. The summed E-state index contributed by atoms with van der Waals surface area (Å²) in [5.74, 6) is -1.12. The monoisotopic (exact) mass is 527 g/mol. The number of anilines is 1. The van der Waals surface area contributed by atoms with E-state index in [1.54, 1.807) is 0 Å². The van der Waals surface area contributed by atoms with Crippen molar-refractivity contribution in [1.82, 2.24) is 10.2 Å². The molecule has 3 rings (SSSR count). The molecule has 0 radical (unpaired) electrons. The molecular formula is C22H20F3N3O5S2. The molecule has 1 amide bonds. The molecule has 1 aromatic carbocycles. The SMILES string of the molecule is CCC(CC)C(=O)Nc1nnc(SCc2cc(=O)c(OC(=O)c3ccc(C(F)(F)F)cc3)co2)s1. The third-order valence-corrected chi connectivity index (χ3v) is 6.83. The molecule has 0 aliphatic rings. The summed E-state index contributed by atoms with van der Waals surface area (Å²) in [4.78, 5) is 36.6. The zero-order chi connectivity index (χ0) is 25.6. The first kappa shape index (κ1) is 26.4. The number of benzene rings is 1. The third kappa shape index (κ3) is 7.15. The second kappa shape index (κ2) is 11.5. The van der Waals surface area contributed by atoms with Crippen molar-refractivity contribution in [2.24, 2.45) is 5.92 Å². The lowest BCUT2D eigenvalue weighted by molar-refractivity contribution is -0.137. The Morgan fingerprint density at radius 2 is 1.86 bits per heavy atom. The first-order chi connectivity index (χ1) is 16.6. The van der Waals surface area contributed by atoms with Gasteiger partial charge in [0.1, 0.15) is 12.0 Å². The van der Waals surface area contributed by atoms with Gasteiger partial charge in [0.25, 0.3) is 0 Å². The first-order valence-corrected chi connectivity index (χ1v) is 12.2. The molecule has 1 N–H and O–H groups in total. The third-order valence-electron chi connectivity index (χ3n) is 4.83. The van der Waals surface area contributed by atoms with Crippen LogP contribution in [0.5, 0.6) is 5.75 Å². The number of nitrogens with one attached hydrogen (secondary N) is 1. The molecule has 0 atom stereocenters. The summed E-state index contributed by atoms with van der Waals surface area (Å²) in [6, 6.07) is 4.55. The minimum Gasteiger partial charge on any atom is -0.464 e. The molecule has 0 saturated heterocycles. The van der Waals surface area contributed by atoms with Crippen LogP contribution in [0.3, 0.4) is 0 Å². The van der Waals surface area contributed by atoms with Crippen molar-refractivity contribution >= 4 is 40.1 Å². The molecule has 2 aromatic heterocycles. The molecule has 186 valence electrons. The van der Waals surface area contributed by atoms with Gasteiger partial charge in [-0.05, 0) is 37.1 Å². The second-order valence-electron chi connectivity index (χ2n) is 7.20. The lowest BCUT2D eigenvalue weighted by Gasteiger charge is -2.09. The minimum absolute atomic E-state index is 0.101. The number of carbonyl (C=O) groups is 2. The molecule has 13 heteroatoms. The van der Waals surface area contributed by atoms with E-state index in [-0.39, 0.29) is 28.9 Å². The van der Waals surface area contributed by atoms with Crippen LogP contribution in [0.2, 0.25) is 0 Å². The predicted octanol–water partition coefficient (Wildman–Crippen LogP) is 5.40. The van der Waals surface area contributed by atoms with Crippen LogP contribution in [0.1, 0.15) is 48.4 Å². The number of esters is 1. The van der Waals surface area contributed by atoms with Gasteiger partial charge in [-0.3, -0.25) is 9.59 Å². The van der Waals surface area contributed by atoms with Crippen molar-refractivity contribution < 1.29 is 31.9 Å². The summed E-state index contributed by atoms with van der Waals surface area (Å²) < 4.78 is 48.8. The summed E-state index contributed by atoms with van der Waals surface area (Å²) in [6.45, 7) is 3.87. The number of amides is 1. The van der Waals surface area contributed by atoms with Gasteiger partial charge in [0.05, 0.1) is 16.9 Å². The van der Waals surface area contributed by atoms with E-state index in [1.165, 1.54) is 23.1 Å². The van der Waals surface area contributed by atoms with E-state index in [0.717, 1.165) is 49.4 Å². The molecule has 3 aromatic rings. The van der Waals surface area contributed by atoms with Gasteiger partial charge < -0.3 is 14.5 Å². The summed E-state index contributed by atoms with van der Waals surface area (Å²) in [6.07, 6.45) is -2.13. The normalized spacial score (nSPS) is 11.5. The van der Waals surface area contributed by atoms with E-state index in [2.05, 4.69) is 15.5 Å². The number of hydrogen-bond acceptors (Lipinski definition) is 9. The Morgan fingerprint density at radius 1 is 1.17 bits per heavy atom. The zero-order valence-electron chi connectivity index (χ0n) is 18.5. The maximum Gasteiger partial charge on any atom is 0.416 e. The number of nitrogens with zero attached hydrogens (tertiary/aromatic N) is 2. The standard InChI is InChI=1S/C22H20F3N3O5S2/c1-3-12(4-2)18(30)26-20-27-28-21(35-20)34-11-15-9-16(29)17(10-32-15)33-19(31)13-5-7-14(8-6-13)22(23,24)25/h5-10,12H,3-4,11H2,1-2H3,(H,26,27,30). The molecule has 0 aliphatic carbocycles. The summed E-state index contributed by atoms with van der Waals surface area (Å²) >= 11 is 2.42. The summed E-state index contributed by atoms with van der Waals surface area (Å²) in [5, 5.41) is 11.0. The Balaban J connectivity index is 1.57. The van der Waals surface area contributed by atoms with Gasteiger partial charge in [-0.25, -0.2) is 4.79 Å². The maximum absolute atomic E-state index is 12.6. The van der Waals surface area contributed by atoms with Crippen LogP contribution in [-0.2, 0) is 16.7 Å². The van der Waals surface area contributed by atoms with Crippen LogP contribution in [0, 0.1) is 5.92 Å². The highest BCUT2D eigenvalue weighted by molar-refractivity contribution is 8.00. The topological polar surface area (TPSA) is 111 Å². The van der Waals surface area contributed by atoms with Crippen LogP contribution >= 0.6 is 23.1 Å². The molecule has 0 bridgehead atoms. The van der Waals surface area contributed by atoms with Gasteiger partial charge in [-0.2, -0.15) is 13.2 Å². The van der Waals surface area contributed by atoms with Gasteiger partial charge in [-0.15, -0.1) is 10.2 Å². The maximum atomic E-state index is 12.6. The highest BCUT2D eigenvalue weighted by Gasteiger charge is 2.30. The highest BCUT2D eigenvalue weighted by atomic mass is 32.2. The number of thioether (sulfide) groups is 1. The average molecular weight is 528 g/mol. The van der Waals surface area contributed by atoms with E-state index >= 15 is 0 Å². The number of ether oxygens (including phenoxy) is 1. The van der Waals surface area contributed by atoms with Crippen molar-refractivity contribution in [1.29, 1.82) is 0 Å². The molecule has 0 unspecified atom stereocenters. The first-order valence-electron chi connectivity index (χ1n) is 10.4. The lowest BCUT2D eigenvalue weighted by Crippen LogP contribution is -2.21. The van der Waals surface area contributed by atoms with Crippen LogP contribution in [-0.4, -0.2) is 22.1 Å². The van der Waals surface area contributed by atoms with Crippen LogP contribution in [0.25, 0.3) is 0 Å². The minimum atomic E-state index is -4.53. The van der Waals surface area contributed by atoms with Crippen molar-refractivity contribution in [3.8, 4) is 5.75 Å². The highest BCUT2D eigenvalue weighted by Crippen LogP contribution is 2.30. The smallest absolute Gasteiger partial charge is 0.416 e.